The first-order valence-electron chi connectivity index (χ1n) is 12.2. The first-order chi connectivity index (χ1) is 15.2. The van der Waals surface area contributed by atoms with E-state index in [2.05, 4.69) is 27.7 Å². The molecule has 0 heterocycles. The molecule has 2 fully saturated rings. The molecular weight excluding hydrogens is 424 g/mol. The van der Waals surface area contributed by atoms with E-state index in [1.807, 2.05) is 0 Å². The zero-order valence-corrected chi connectivity index (χ0v) is 21.6. The number of rotatable bonds is 9. The van der Waals surface area contributed by atoms with Gasteiger partial charge in [0.25, 0.3) is 0 Å². The normalized spacial score (nSPS) is 33.5. The second kappa shape index (κ2) is 10.1. The molecule has 0 bridgehead atoms. The molecule has 7 heteroatoms. The topological polar surface area (TPSA) is 96.0 Å². The van der Waals surface area contributed by atoms with Crippen molar-refractivity contribution in [2.45, 2.75) is 106 Å². The van der Waals surface area contributed by atoms with E-state index < -0.39 is 16.9 Å². The van der Waals surface area contributed by atoms with Crippen molar-refractivity contribution in [2.24, 2.45) is 28.1 Å². The smallest absolute Gasteiger partial charge is 0.302 e. The molecule has 188 valence electrons. The van der Waals surface area contributed by atoms with Crippen molar-refractivity contribution in [3.63, 3.8) is 0 Å². The molecule has 0 N–H and O–H groups in total. The van der Waals surface area contributed by atoms with Crippen molar-refractivity contribution < 1.29 is 33.4 Å². The number of hydrogen-bond donors (Lipinski definition) is 0. The van der Waals surface area contributed by atoms with Crippen molar-refractivity contribution in [3.05, 3.63) is 0 Å². The van der Waals surface area contributed by atoms with Crippen molar-refractivity contribution in [3.8, 4) is 0 Å². The van der Waals surface area contributed by atoms with Gasteiger partial charge >= 0.3 is 17.9 Å². The molecule has 0 aromatic heterocycles. The summed E-state index contributed by atoms with van der Waals surface area (Å²) in [5, 5.41) is 0. The van der Waals surface area contributed by atoms with Crippen LogP contribution in [0, 0.1) is 28.1 Å². The zero-order chi connectivity index (χ0) is 25.2. The van der Waals surface area contributed by atoms with E-state index in [-0.39, 0.29) is 47.0 Å². The van der Waals surface area contributed by atoms with Gasteiger partial charge in [0.2, 0.25) is 0 Å². The van der Waals surface area contributed by atoms with E-state index >= 15 is 0 Å². The Bertz CT molecular complexity index is 773. The van der Waals surface area contributed by atoms with Gasteiger partial charge in [-0.15, -0.1) is 0 Å². The van der Waals surface area contributed by atoms with Gasteiger partial charge < -0.3 is 14.2 Å². The number of hydrogen-bond acceptors (Lipinski definition) is 7. The lowest BCUT2D eigenvalue weighted by atomic mass is 9.49. The highest BCUT2D eigenvalue weighted by molar-refractivity contribution is 5.85. The first kappa shape index (κ1) is 27.3. The van der Waals surface area contributed by atoms with Crippen molar-refractivity contribution in [1.82, 2.24) is 0 Å². The van der Waals surface area contributed by atoms with E-state index in [1.165, 1.54) is 20.8 Å². The van der Waals surface area contributed by atoms with Crippen LogP contribution in [0.15, 0.2) is 0 Å². The van der Waals surface area contributed by atoms with Crippen LogP contribution in [-0.4, -0.2) is 42.5 Å². The lowest BCUT2D eigenvalue weighted by molar-refractivity contribution is -0.178. The molecule has 0 radical (unpaired) electrons. The Balaban J connectivity index is 2.39. The highest BCUT2D eigenvalue weighted by Gasteiger charge is 2.70. The predicted molar refractivity (Wildman–Crippen MR) is 123 cm³/mol. The average Bonchev–Trinajstić information content (AvgIpc) is 2.92. The molecular formula is C26H42O7. The van der Waals surface area contributed by atoms with E-state index in [0.29, 0.717) is 32.3 Å². The van der Waals surface area contributed by atoms with Gasteiger partial charge in [0.05, 0.1) is 12.0 Å². The minimum Gasteiger partial charge on any atom is -0.466 e. The van der Waals surface area contributed by atoms with Crippen LogP contribution in [-0.2, 0) is 33.4 Å². The Kier molecular flexibility index (Phi) is 8.40. The number of esters is 3. The maximum atomic E-state index is 13.5. The second-order valence-corrected chi connectivity index (χ2v) is 11.1. The zero-order valence-electron chi connectivity index (χ0n) is 21.6. The maximum absolute atomic E-state index is 13.5. The quantitative estimate of drug-likeness (QED) is 0.361. The molecule has 6 unspecified atom stereocenters. The van der Waals surface area contributed by atoms with Gasteiger partial charge in [0.15, 0.2) is 0 Å². The summed E-state index contributed by atoms with van der Waals surface area (Å²) >= 11 is 0. The molecule has 2 aliphatic carbocycles. The summed E-state index contributed by atoms with van der Waals surface area (Å²) in [7, 11) is 0. The highest BCUT2D eigenvalue weighted by atomic mass is 16.6. The molecule has 0 amide bonds. The van der Waals surface area contributed by atoms with Gasteiger partial charge in [-0.1, -0.05) is 27.7 Å². The number of ketones is 1. The molecule has 0 spiro atoms. The van der Waals surface area contributed by atoms with Crippen molar-refractivity contribution in [1.29, 1.82) is 0 Å². The van der Waals surface area contributed by atoms with Crippen LogP contribution in [0.4, 0.5) is 0 Å². The van der Waals surface area contributed by atoms with Gasteiger partial charge in [-0.05, 0) is 62.7 Å². The molecule has 33 heavy (non-hydrogen) atoms. The fourth-order valence-electron chi connectivity index (χ4n) is 6.94. The summed E-state index contributed by atoms with van der Waals surface area (Å²) in [6, 6.07) is 0. The summed E-state index contributed by atoms with van der Waals surface area (Å²) in [6.45, 7) is 14.7. The van der Waals surface area contributed by atoms with Crippen molar-refractivity contribution in [2.75, 3.05) is 6.61 Å². The molecule has 2 rings (SSSR count). The largest absolute Gasteiger partial charge is 0.466 e. The number of fused-ring (bicyclic) bond motifs is 1. The second-order valence-electron chi connectivity index (χ2n) is 11.1. The Labute approximate surface area is 198 Å². The molecule has 7 nitrogen and oxygen atoms in total. The molecule has 0 aliphatic heterocycles. The number of ether oxygens (including phenoxy) is 3. The average molecular weight is 467 g/mol. The third-order valence-corrected chi connectivity index (χ3v) is 8.63. The van der Waals surface area contributed by atoms with E-state index in [0.717, 1.165) is 12.8 Å². The molecule has 6 atom stereocenters. The van der Waals surface area contributed by atoms with Gasteiger partial charge in [-0.2, -0.15) is 0 Å². The highest BCUT2D eigenvalue weighted by Crippen LogP contribution is 2.69. The van der Waals surface area contributed by atoms with E-state index in [1.54, 1.807) is 6.92 Å². The van der Waals surface area contributed by atoms with Gasteiger partial charge in [-0.3, -0.25) is 19.2 Å². The Morgan fingerprint density at radius 3 is 1.97 bits per heavy atom. The first-order valence-corrected chi connectivity index (χ1v) is 12.2. The Morgan fingerprint density at radius 2 is 1.45 bits per heavy atom. The third-order valence-electron chi connectivity index (χ3n) is 8.63. The molecule has 2 saturated carbocycles. The summed E-state index contributed by atoms with van der Waals surface area (Å²) in [5.41, 5.74) is -1.57. The van der Waals surface area contributed by atoms with Crippen LogP contribution in [0.1, 0.15) is 93.9 Å². The summed E-state index contributed by atoms with van der Waals surface area (Å²) in [4.78, 5) is 48.4. The summed E-state index contributed by atoms with van der Waals surface area (Å²) in [5.74, 6) is -0.641. The van der Waals surface area contributed by atoms with Crippen LogP contribution in [0.3, 0.4) is 0 Å². The van der Waals surface area contributed by atoms with Crippen LogP contribution in [0.2, 0.25) is 0 Å². The van der Waals surface area contributed by atoms with Gasteiger partial charge in [0, 0.05) is 26.2 Å². The molecule has 0 aromatic carbocycles. The Hall–Kier alpha value is -1.92. The fraction of sp³-hybridized carbons (Fsp3) is 0.846. The summed E-state index contributed by atoms with van der Waals surface area (Å²) in [6.07, 6.45) is 3.28. The van der Waals surface area contributed by atoms with Crippen molar-refractivity contribution >= 4 is 23.7 Å². The minimum atomic E-state index is -0.808. The molecule has 0 saturated heterocycles. The predicted octanol–water partition coefficient (Wildman–Crippen LogP) is 4.64. The van der Waals surface area contributed by atoms with Crippen LogP contribution in [0.25, 0.3) is 0 Å². The lowest BCUT2D eigenvalue weighted by Gasteiger charge is -2.56. The maximum Gasteiger partial charge on any atom is 0.302 e. The third kappa shape index (κ3) is 5.27. The van der Waals surface area contributed by atoms with Crippen LogP contribution >= 0.6 is 0 Å². The van der Waals surface area contributed by atoms with Crippen LogP contribution in [0.5, 0.6) is 0 Å². The number of Topliss-reactive ketones (excluding diaryl/α,β-unsaturated/α-hetero) is 1. The minimum absolute atomic E-state index is 0.0488. The van der Waals surface area contributed by atoms with E-state index in [4.69, 9.17) is 14.2 Å². The standard InChI is InChI=1S/C26H42O7/c1-16(11-14-31-18(3)28)9-13-26(17(2)27)23(33-20(5)30)15-21-24(6,7)22(32-19(4)29)10-12-25(21,26)8/h16,21-23H,9-15H2,1-8H3. The number of carbonyl (C=O) groups is 4. The fourth-order valence-corrected chi connectivity index (χ4v) is 6.94. The lowest BCUT2D eigenvalue weighted by Crippen LogP contribution is -2.56. The SMILES string of the molecule is CC(=O)OCCC(C)CCC1(C(C)=O)C(OC(C)=O)CC2C(C)(C)C(OC(C)=O)CCC21C. The molecule has 2 aliphatic rings. The Morgan fingerprint density at radius 1 is 0.879 bits per heavy atom. The monoisotopic (exact) mass is 466 g/mol. The van der Waals surface area contributed by atoms with E-state index in [9.17, 15) is 19.2 Å². The molecule has 0 aromatic rings. The summed E-state index contributed by atoms with van der Waals surface area (Å²) < 4.78 is 16.6. The van der Waals surface area contributed by atoms with Crippen LogP contribution < -0.4 is 0 Å². The number of carbonyl (C=O) groups excluding carboxylic acids is 4. The van der Waals surface area contributed by atoms with Gasteiger partial charge in [0.1, 0.15) is 18.0 Å². The van der Waals surface area contributed by atoms with Gasteiger partial charge in [-0.25, -0.2) is 0 Å².